The number of nitrogen functional groups attached to an aromatic ring is 1. The Kier molecular flexibility index (Phi) is 3.02. The van der Waals surface area contributed by atoms with Gasteiger partial charge in [-0.3, -0.25) is 4.90 Å². The zero-order chi connectivity index (χ0) is 14.1. The number of oxazole rings is 1. The minimum atomic E-state index is -0.290. The summed E-state index contributed by atoms with van der Waals surface area (Å²) in [6.07, 6.45) is 0. The Labute approximate surface area is 115 Å². The van der Waals surface area contributed by atoms with Crippen molar-refractivity contribution in [2.24, 2.45) is 0 Å². The second-order valence-corrected chi connectivity index (χ2v) is 4.45. The van der Waals surface area contributed by atoms with E-state index in [-0.39, 0.29) is 5.82 Å². The fraction of sp³-hybridized carbons (Fsp3) is 0.133. The highest BCUT2D eigenvalue weighted by molar-refractivity contribution is 5.79. The Morgan fingerprint density at radius 3 is 2.85 bits per heavy atom. The van der Waals surface area contributed by atoms with E-state index in [1.54, 1.807) is 29.2 Å². The Morgan fingerprint density at radius 2 is 2.10 bits per heavy atom. The van der Waals surface area contributed by atoms with Crippen LogP contribution in [-0.2, 0) is 0 Å². The molecular formula is C15H14FN3O. The molecule has 0 aliphatic rings. The highest BCUT2D eigenvalue weighted by Crippen LogP contribution is 2.29. The van der Waals surface area contributed by atoms with Crippen LogP contribution in [0.5, 0.6) is 0 Å². The fourth-order valence-corrected chi connectivity index (χ4v) is 2.12. The molecule has 102 valence electrons. The van der Waals surface area contributed by atoms with Crippen LogP contribution in [0.25, 0.3) is 11.1 Å². The zero-order valence-electron chi connectivity index (χ0n) is 11.0. The number of benzene rings is 2. The lowest BCUT2D eigenvalue weighted by atomic mass is 10.3. The molecule has 0 aliphatic carbocycles. The molecule has 20 heavy (non-hydrogen) atoms. The Bertz CT molecular complexity index is 754. The molecule has 0 saturated carbocycles. The summed E-state index contributed by atoms with van der Waals surface area (Å²) in [6.45, 7) is 2.57. The number of halogens is 1. The largest absolute Gasteiger partial charge is 0.423 e. The summed E-state index contributed by atoms with van der Waals surface area (Å²) in [7, 11) is 0. The first-order valence-corrected chi connectivity index (χ1v) is 6.36. The molecule has 0 bridgehead atoms. The molecule has 0 fully saturated rings. The summed E-state index contributed by atoms with van der Waals surface area (Å²) in [6, 6.07) is 12.1. The smallest absolute Gasteiger partial charge is 0.302 e. The van der Waals surface area contributed by atoms with Crippen LogP contribution in [0.1, 0.15) is 6.92 Å². The van der Waals surface area contributed by atoms with Crippen molar-refractivity contribution < 1.29 is 8.81 Å². The highest BCUT2D eigenvalue weighted by Gasteiger charge is 2.15. The molecule has 0 saturated heterocycles. The third kappa shape index (κ3) is 2.18. The summed E-state index contributed by atoms with van der Waals surface area (Å²) in [4.78, 5) is 6.22. The standard InChI is InChI=1S/C15H14FN3O/c1-2-19(12-5-3-4-10(16)8-12)15-18-13-7-6-11(17)9-14(13)20-15/h3-9H,2,17H2,1H3. The van der Waals surface area contributed by atoms with E-state index in [1.807, 2.05) is 13.0 Å². The van der Waals surface area contributed by atoms with Gasteiger partial charge >= 0.3 is 6.01 Å². The van der Waals surface area contributed by atoms with Gasteiger partial charge in [0, 0.05) is 24.0 Å². The van der Waals surface area contributed by atoms with Gasteiger partial charge in [-0.25, -0.2) is 4.39 Å². The third-order valence-corrected chi connectivity index (χ3v) is 3.07. The van der Waals surface area contributed by atoms with E-state index < -0.39 is 0 Å². The van der Waals surface area contributed by atoms with Gasteiger partial charge in [0.2, 0.25) is 0 Å². The fourth-order valence-electron chi connectivity index (χ4n) is 2.12. The minimum Gasteiger partial charge on any atom is -0.423 e. The normalized spacial score (nSPS) is 10.9. The molecule has 1 heterocycles. The maximum atomic E-state index is 13.3. The summed E-state index contributed by atoms with van der Waals surface area (Å²) in [5.41, 5.74) is 8.39. The predicted octanol–water partition coefficient (Wildman–Crippen LogP) is 3.71. The van der Waals surface area contributed by atoms with Gasteiger partial charge in [-0.1, -0.05) is 6.07 Å². The molecule has 4 nitrogen and oxygen atoms in total. The molecule has 5 heteroatoms. The Hall–Kier alpha value is -2.56. The molecule has 2 aromatic carbocycles. The van der Waals surface area contributed by atoms with Crippen LogP contribution in [-0.4, -0.2) is 11.5 Å². The van der Waals surface area contributed by atoms with Gasteiger partial charge in [-0.05, 0) is 37.3 Å². The van der Waals surface area contributed by atoms with Crippen LogP contribution in [0, 0.1) is 5.82 Å². The molecule has 0 radical (unpaired) electrons. The lowest BCUT2D eigenvalue weighted by Crippen LogP contribution is -2.16. The lowest BCUT2D eigenvalue weighted by molar-refractivity contribution is 0.593. The molecule has 1 aromatic heterocycles. The van der Waals surface area contributed by atoms with Crippen molar-refractivity contribution in [2.75, 3.05) is 17.2 Å². The first-order chi connectivity index (χ1) is 9.67. The molecule has 0 amide bonds. The molecule has 0 unspecified atom stereocenters. The van der Waals surface area contributed by atoms with Gasteiger partial charge in [0.1, 0.15) is 11.3 Å². The molecule has 2 N–H and O–H groups in total. The van der Waals surface area contributed by atoms with Crippen molar-refractivity contribution in [1.82, 2.24) is 4.98 Å². The second-order valence-electron chi connectivity index (χ2n) is 4.45. The van der Waals surface area contributed by atoms with Gasteiger partial charge in [-0.2, -0.15) is 4.98 Å². The number of nitrogens with zero attached hydrogens (tertiary/aromatic N) is 2. The van der Waals surface area contributed by atoms with E-state index in [0.717, 1.165) is 5.52 Å². The van der Waals surface area contributed by atoms with Crippen LogP contribution < -0.4 is 10.6 Å². The highest BCUT2D eigenvalue weighted by atomic mass is 19.1. The summed E-state index contributed by atoms with van der Waals surface area (Å²) in [5, 5.41) is 0. The average molecular weight is 271 g/mol. The van der Waals surface area contributed by atoms with Gasteiger partial charge in [0.25, 0.3) is 0 Å². The van der Waals surface area contributed by atoms with E-state index in [9.17, 15) is 4.39 Å². The predicted molar refractivity (Wildman–Crippen MR) is 77.5 cm³/mol. The summed E-state index contributed by atoms with van der Waals surface area (Å²) in [5.74, 6) is -0.290. The lowest BCUT2D eigenvalue weighted by Gasteiger charge is -2.18. The summed E-state index contributed by atoms with van der Waals surface area (Å²) >= 11 is 0. The van der Waals surface area contributed by atoms with Gasteiger partial charge in [0.05, 0.1) is 0 Å². The van der Waals surface area contributed by atoms with Gasteiger partial charge in [0.15, 0.2) is 5.58 Å². The second kappa shape index (κ2) is 4.85. The maximum absolute atomic E-state index is 13.3. The number of nitrogens with two attached hydrogens (primary N) is 1. The monoisotopic (exact) mass is 271 g/mol. The van der Waals surface area contributed by atoms with E-state index in [2.05, 4.69) is 4.98 Å². The van der Waals surface area contributed by atoms with Crippen molar-refractivity contribution in [3.05, 3.63) is 48.3 Å². The van der Waals surface area contributed by atoms with Gasteiger partial charge < -0.3 is 10.2 Å². The van der Waals surface area contributed by atoms with E-state index in [4.69, 9.17) is 10.2 Å². The topological polar surface area (TPSA) is 55.3 Å². The Morgan fingerprint density at radius 1 is 1.25 bits per heavy atom. The summed E-state index contributed by atoms with van der Waals surface area (Å²) < 4.78 is 19.1. The molecule has 3 rings (SSSR count). The van der Waals surface area contributed by atoms with Crippen molar-refractivity contribution in [1.29, 1.82) is 0 Å². The number of fused-ring (bicyclic) bond motifs is 1. The number of rotatable bonds is 3. The number of hydrogen-bond donors (Lipinski definition) is 1. The number of hydrogen-bond acceptors (Lipinski definition) is 4. The van der Waals surface area contributed by atoms with E-state index >= 15 is 0 Å². The zero-order valence-corrected chi connectivity index (χ0v) is 11.0. The Balaban J connectivity index is 2.07. The molecular weight excluding hydrogens is 257 g/mol. The first-order valence-electron chi connectivity index (χ1n) is 6.36. The molecule has 0 atom stereocenters. The SMILES string of the molecule is CCN(c1cccc(F)c1)c1nc2ccc(N)cc2o1. The van der Waals surface area contributed by atoms with Crippen LogP contribution in [0.4, 0.5) is 21.8 Å². The third-order valence-electron chi connectivity index (χ3n) is 3.07. The average Bonchev–Trinajstić information content (AvgIpc) is 2.82. The van der Waals surface area contributed by atoms with Crippen LogP contribution in [0.3, 0.4) is 0 Å². The number of aromatic nitrogens is 1. The van der Waals surface area contributed by atoms with E-state index in [1.165, 1.54) is 12.1 Å². The quantitative estimate of drug-likeness (QED) is 0.738. The number of anilines is 3. The molecule has 0 spiro atoms. The minimum absolute atomic E-state index is 0.290. The molecule has 0 aliphatic heterocycles. The van der Waals surface area contributed by atoms with Crippen LogP contribution >= 0.6 is 0 Å². The molecule has 3 aromatic rings. The maximum Gasteiger partial charge on any atom is 0.302 e. The van der Waals surface area contributed by atoms with Crippen molar-refractivity contribution in [3.8, 4) is 0 Å². The first kappa shape index (κ1) is 12.5. The van der Waals surface area contributed by atoms with Crippen LogP contribution in [0.15, 0.2) is 46.9 Å². The van der Waals surface area contributed by atoms with Crippen LogP contribution in [0.2, 0.25) is 0 Å². The van der Waals surface area contributed by atoms with Crippen molar-refractivity contribution >= 4 is 28.5 Å². The van der Waals surface area contributed by atoms with Crippen molar-refractivity contribution in [3.63, 3.8) is 0 Å². The van der Waals surface area contributed by atoms with Crippen molar-refractivity contribution in [2.45, 2.75) is 6.92 Å². The van der Waals surface area contributed by atoms with E-state index in [0.29, 0.717) is 29.5 Å². The van der Waals surface area contributed by atoms with Gasteiger partial charge in [-0.15, -0.1) is 0 Å².